The van der Waals surface area contributed by atoms with Gasteiger partial charge in [0.15, 0.2) is 0 Å². The third-order valence-corrected chi connectivity index (χ3v) is 8.28. The number of hydrogen-bond donors (Lipinski definition) is 2. The minimum atomic E-state index is -1.04. The van der Waals surface area contributed by atoms with Crippen molar-refractivity contribution in [2.45, 2.75) is 83.2 Å². The van der Waals surface area contributed by atoms with E-state index in [1.54, 1.807) is 0 Å². The van der Waals surface area contributed by atoms with Crippen molar-refractivity contribution in [3.63, 3.8) is 0 Å². The number of carbonyl (C=O) groups is 1. The standard InChI is InChI=1S/C21H32O5/c1-12(2)21-15(22)11-14-18(3)8-6-9-19(4,17(23)25-5)13(18)7-10-20(14,24)16(21)26-21/h11-13,15-16,22,24H,6-10H2,1-5H3/t13-,15-,16+,18-,19-,20-,21-/m1/s1. The summed E-state index contributed by atoms with van der Waals surface area (Å²) in [5.74, 6) is 0.0665. The molecule has 2 saturated carbocycles. The number of hydrogen-bond acceptors (Lipinski definition) is 5. The van der Waals surface area contributed by atoms with Crippen LogP contribution in [0.2, 0.25) is 0 Å². The number of carbonyl (C=O) groups excluding carboxylic acids is 1. The van der Waals surface area contributed by atoms with Crippen molar-refractivity contribution in [1.82, 2.24) is 0 Å². The monoisotopic (exact) mass is 364 g/mol. The molecule has 5 nitrogen and oxygen atoms in total. The van der Waals surface area contributed by atoms with Crippen LogP contribution < -0.4 is 0 Å². The van der Waals surface area contributed by atoms with Gasteiger partial charge in [0.05, 0.1) is 12.5 Å². The highest BCUT2D eigenvalue weighted by Gasteiger charge is 2.76. The normalized spacial score (nSPS) is 52.5. The van der Waals surface area contributed by atoms with Crippen LogP contribution in [0.4, 0.5) is 0 Å². The van der Waals surface area contributed by atoms with E-state index >= 15 is 0 Å². The van der Waals surface area contributed by atoms with Crippen molar-refractivity contribution in [2.75, 3.05) is 7.11 Å². The Bertz CT molecular complexity index is 671. The molecule has 0 bridgehead atoms. The minimum absolute atomic E-state index is 0.0974. The Balaban J connectivity index is 1.79. The quantitative estimate of drug-likeness (QED) is 0.447. The van der Waals surface area contributed by atoms with E-state index in [9.17, 15) is 15.0 Å². The molecule has 5 heteroatoms. The van der Waals surface area contributed by atoms with E-state index < -0.39 is 22.7 Å². The number of epoxide rings is 1. The maximum atomic E-state index is 12.6. The zero-order valence-corrected chi connectivity index (χ0v) is 16.5. The number of aliphatic hydroxyl groups is 2. The fraction of sp³-hybridized carbons (Fsp3) is 0.857. The van der Waals surface area contributed by atoms with E-state index in [2.05, 4.69) is 6.92 Å². The lowest BCUT2D eigenvalue weighted by molar-refractivity contribution is -0.167. The highest BCUT2D eigenvalue weighted by Crippen LogP contribution is 2.68. The van der Waals surface area contributed by atoms with Crippen LogP contribution in [0.3, 0.4) is 0 Å². The van der Waals surface area contributed by atoms with Crippen molar-refractivity contribution >= 4 is 5.97 Å². The fourth-order valence-electron chi connectivity index (χ4n) is 6.85. The lowest BCUT2D eigenvalue weighted by Gasteiger charge is -2.59. The highest BCUT2D eigenvalue weighted by atomic mass is 16.6. The summed E-state index contributed by atoms with van der Waals surface area (Å²) in [7, 11) is 1.46. The number of esters is 1. The van der Waals surface area contributed by atoms with Crippen LogP contribution >= 0.6 is 0 Å². The van der Waals surface area contributed by atoms with Crippen LogP contribution in [-0.4, -0.2) is 46.7 Å². The van der Waals surface area contributed by atoms with Crippen molar-refractivity contribution in [3.8, 4) is 0 Å². The lowest BCUT2D eigenvalue weighted by Crippen LogP contribution is -2.61. The first-order chi connectivity index (χ1) is 12.1. The average molecular weight is 364 g/mol. The van der Waals surface area contributed by atoms with Crippen LogP contribution in [-0.2, 0) is 14.3 Å². The Morgan fingerprint density at radius 2 is 2.00 bits per heavy atom. The largest absolute Gasteiger partial charge is 0.469 e. The number of methoxy groups -OCH3 is 1. The smallest absolute Gasteiger partial charge is 0.311 e. The molecule has 0 radical (unpaired) electrons. The molecule has 7 atom stereocenters. The Morgan fingerprint density at radius 3 is 2.62 bits per heavy atom. The van der Waals surface area contributed by atoms with Gasteiger partial charge in [0.25, 0.3) is 0 Å². The summed E-state index contributed by atoms with van der Waals surface area (Å²) in [5, 5.41) is 22.6. The fourth-order valence-corrected chi connectivity index (χ4v) is 6.85. The summed E-state index contributed by atoms with van der Waals surface area (Å²) in [4.78, 5) is 12.6. The summed E-state index contributed by atoms with van der Waals surface area (Å²) in [6, 6.07) is 0. The van der Waals surface area contributed by atoms with Gasteiger partial charge >= 0.3 is 5.97 Å². The van der Waals surface area contributed by atoms with E-state index in [0.717, 1.165) is 31.3 Å². The van der Waals surface area contributed by atoms with E-state index in [0.29, 0.717) is 6.42 Å². The number of ether oxygens (including phenoxy) is 2. The zero-order valence-electron chi connectivity index (χ0n) is 16.5. The van der Waals surface area contributed by atoms with Crippen LogP contribution in [0.5, 0.6) is 0 Å². The molecule has 2 N–H and O–H groups in total. The van der Waals surface area contributed by atoms with Gasteiger partial charge in [-0.2, -0.15) is 0 Å². The van der Waals surface area contributed by atoms with Crippen LogP contribution in [0.15, 0.2) is 11.6 Å². The predicted octanol–water partition coefficient (Wildman–Crippen LogP) is 2.59. The Kier molecular flexibility index (Phi) is 3.78. The van der Waals surface area contributed by atoms with Gasteiger partial charge in [0.2, 0.25) is 0 Å². The van der Waals surface area contributed by atoms with Gasteiger partial charge in [-0.05, 0) is 55.4 Å². The van der Waals surface area contributed by atoms with Gasteiger partial charge in [-0.15, -0.1) is 0 Å². The second kappa shape index (κ2) is 5.33. The summed E-state index contributed by atoms with van der Waals surface area (Å²) in [5.41, 5.74) is -1.69. The topological polar surface area (TPSA) is 79.3 Å². The van der Waals surface area contributed by atoms with Gasteiger partial charge in [-0.25, -0.2) is 0 Å². The highest BCUT2D eigenvalue weighted by molar-refractivity contribution is 5.77. The summed E-state index contributed by atoms with van der Waals surface area (Å²) >= 11 is 0. The number of rotatable bonds is 2. The summed E-state index contributed by atoms with van der Waals surface area (Å²) in [6.07, 6.45) is 4.74. The second-order valence-electron chi connectivity index (χ2n) is 9.73. The Labute approximate surface area is 155 Å². The van der Waals surface area contributed by atoms with Crippen molar-refractivity contribution in [3.05, 3.63) is 11.6 Å². The number of fused-ring (bicyclic) bond motifs is 5. The average Bonchev–Trinajstić information content (AvgIpc) is 3.35. The summed E-state index contributed by atoms with van der Waals surface area (Å²) < 4.78 is 11.2. The Morgan fingerprint density at radius 1 is 1.31 bits per heavy atom. The molecule has 0 unspecified atom stereocenters. The van der Waals surface area contributed by atoms with Gasteiger partial charge in [0, 0.05) is 0 Å². The molecule has 0 aromatic carbocycles. The molecular formula is C21H32O5. The zero-order chi connectivity index (χ0) is 19.1. The van der Waals surface area contributed by atoms with Crippen LogP contribution in [0.1, 0.15) is 59.8 Å². The molecule has 0 amide bonds. The molecule has 3 aliphatic carbocycles. The number of aliphatic hydroxyl groups excluding tert-OH is 1. The van der Waals surface area contributed by atoms with Gasteiger partial charge in [-0.1, -0.05) is 33.3 Å². The molecule has 3 fully saturated rings. The first-order valence-corrected chi connectivity index (χ1v) is 9.97. The molecule has 4 aliphatic rings. The molecule has 1 saturated heterocycles. The summed E-state index contributed by atoms with van der Waals surface area (Å²) in [6.45, 7) is 8.24. The molecule has 0 spiro atoms. The molecular weight excluding hydrogens is 332 g/mol. The molecule has 1 heterocycles. The Hall–Kier alpha value is -0.910. The van der Waals surface area contributed by atoms with Crippen LogP contribution in [0.25, 0.3) is 0 Å². The molecule has 0 aromatic heterocycles. The molecule has 1 aliphatic heterocycles. The van der Waals surface area contributed by atoms with E-state index in [1.807, 2.05) is 26.8 Å². The first kappa shape index (κ1) is 18.5. The minimum Gasteiger partial charge on any atom is -0.469 e. The third kappa shape index (κ3) is 1.95. The third-order valence-electron chi connectivity index (χ3n) is 8.28. The first-order valence-electron chi connectivity index (χ1n) is 9.97. The van der Waals surface area contributed by atoms with Gasteiger partial charge < -0.3 is 19.7 Å². The molecule has 146 valence electrons. The lowest BCUT2D eigenvalue weighted by atomic mass is 9.45. The molecule has 26 heavy (non-hydrogen) atoms. The van der Waals surface area contributed by atoms with Gasteiger partial charge in [0.1, 0.15) is 23.4 Å². The second-order valence-corrected chi connectivity index (χ2v) is 9.73. The van der Waals surface area contributed by atoms with E-state index in [1.165, 1.54) is 7.11 Å². The SMILES string of the molecule is COC(=O)[C@]1(C)CCC[C@@]2(C)C3=C[C@@H](O)[C@@]4(C(C)C)O[C@H]4[C@@]3(O)CC[C@@H]12. The van der Waals surface area contributed by atoms with Crippen LogP contribution in [0, 0.1) is 22.7 Å². The maximum absolute atomic E-state index is 12.6. The predicted molar refractivity (Wildman–Crippen MR) is 96.3 cm³/mol. The van der Waals surface area contributed by atoms with Crippen molar-refractivity contribution in [1.29, 1.82) is 0 Å². The molecule has 4 rings (SSSR count). The van der Waals surface area contributed by atoms with Crippen molar-refractivity contribution < 1.29 is 24.5 Å². The molecule has 0 aromatic rings. The van der Waals surface area contributed by atoms with Gasteiger partial charge in [-0.3, -0.25) is 4.79 Å². The van der Waals surface area contributed by atoms with Crippen molar-refractivity contribution in [2.24, 2.45) is 22.7 Å². The van der Waals surface area contributed by atoms with E-state index in [-0.39, 0.29) is 29.3 Å². The maximum Gasteiger partial charge on any atom is 0.311 e. The van der Waals surface area contributed by atoms with E-state index in [4.69, 9.17) is 9.47 Å².